The molecule has 3 aliphatic rings. The van der Waals surface area contributed by atoms with E-state index in [9.17, 15) is 14.7 Å². The minimum atomic E-state index is -1.03. The number of fused-ring (bicyclic) bond motifs is 1. The van der Waals surface area contributed by atoms with Gasteiger partial charge in [0.25, 0.3) is 5.91 Å². The van der Waals surface area contributed by atoms with Gasteiger partial charge in [0.05, 0.1) is 12.7 Å². The molecule has 176 valence electrons. The first-order chi connectivity index (χ1) is 15.1. The van der Waals surface area contributed by atoms with Crippen LogP contribution in [0.2, 0.25) is 0 Å². The van der Waals surface area contributed by atoms with Crippen molar-refractivity contribution in [1.29, 1.82) is 0 Å². The van der Waals surface area contributed by atoms with Crippen LogP contribution in [-0.2, 0) is 10.2 Å². The monoisotopic (exact) mass is 443 g/mol. The van der Waals surface area contributed by atoms with Crippen LogP contribution in [0.15, 0.2) is 18.2 Å². The zero-order chi connectivity index (χ0) is 23.3. The second-order valence-corrected chi connectivity index (χ2v) is 10.5. The number of piperidine rings is 1. The number of ether oxygens (including phenoxy) is 1. The van der Waals surface area contributed by atoms with E-state index in [2.05, 4.69) is 36.3 Å². The van der Waals surface area contributed by atoms with E-state index in [0.29, 0.717) is 31.6 Å². The zero-order valence-electron chi connectivity index (χ0n) is 20.0. The molecule has 1 aromatic rings. The molecule has 32 heavy (non-hydrogen) atoms. The fourth-order valence-electron chi connectivity index (χ4n) is 6.41. The predicted octanol–water partition coefficient (Wildman–Crippen LogP) is 2.87. The first-order valence-electron chi connectivity index (χ1n) is 11.8. The van der Waals surface area contributed by atoms with Crippen molar-refractivity contribution < 1.29 is 19.4 Å². The van der Waals surface area contributed by atoms with Gasteiger partial charge in [-0.05, 0) is 88.2 Å². The largest absolute Gasteiger partial charge is 0.497 e. The Labute approximate surface area is 190 Å². The van der Waals surface area contributed by atoms with Crippen molar-refractivity contribution in [2.24, 2.45) is 5.92 Å². The van der Waals surface area contributed by atoms with Crippen LogP contribution < -0.4 is 15.4 Å². The van der Waals surface area contributed by atoms with Gasteiger partial charge < -0.3 is 15.2 Å². The van der Waals surface area contributed by atoms with E-state index in [0.717, 1.165) is 36.4 Å². The fourth-order valence-corrected chi connectivity index (χ4v) is 6.41. The Morgan fingerprint density at radius 3 is 2.62 bits per heavy atom. The molecule has 0 aromatic heterocycles. The van der Waals surface area contributed by atoms with Gasteiger partial charge in [-0.1, -0.05) is 19.9 Å². The Hall–Kier alpha value is -2.12. The summed E-state index contributed by atoms with van der Waals surface area (Å²) in [5, 5.41) is 17.8. The Balaban J connectivity index is 1.82. The quantitative estimate of drug-likeness (QED) is 0.609. The van der Waals surface area contributed by atoms with Gasteiger partial charge in [0, 0.05) is 11.5 Å². The maximum absolute atomic E-state index is 12.9. The van der Waals surface area contributed by atoms with Gasteiger partial charge in [0.1, 0.15) is 11.3 Å². The highest BCUT2D eigenvalue weighted by Gasteiger charge is 2.66. The van der Waals surface area contributed by atoms with Crippen LogP contribution in [0.3, 0.4) is 0 Å². The molecule has 4 atom stereocenters. The van der Waals surface area contributed by atoms with Crippen molar-refractivity contribution in [1.82, 2.24) is 15.5 Å². The molecule has 2 heterocycles. The number of likely N-dealkylation sites (tertiary alicyclic amines) is 1. The first kappa shape index (κ1) is 23.1. The molecule has 1 aliphatic carbocycles. The molecular formula is C25H37N3O4. The van der Waals surface area contributed by atoms with Gasteiger partial charge >= 0.3 is 6.03 Å². The number of aliphatic hydroxyl groups is 1. The summed E-state index contributed by atoms with van der Waals surface area (Å²) in [5.74, 6) is 1.05. The first-order valence-corrected chi connectivity index (χ1v) is 11.8. The minimum absolute atomic E-state index is 0.0712. The van der Waals surface area contributed by atoms with E-state index in [1.54, 1.807) is 7.11 Å². The Morgan fingerprint density at radius 2 is 2.00 bits per heavy atom. The molecule has 2 aliphatic heterocycles. The van der Waals surface area contributed by atoms with Gasteiger partial charge in [-0.15, -0.1) is 0 Å². The second-order valence-electron chi connectivity index (χ2n) is 10.5. The SMILES string of the molecule is COc1ccc(C)c([C@]23CCN(CCC(C)C)[C@H](C)[C@]2(O)CC[C@@]2(C3)NC(=O)NC2=O)c1. The minimum Gasteiger partial charge on any atom is -0.497 e. The van der Waals surface area contributed by atoms with Gasteiger partial charge in [0.2, 0.25) is 0 Å². The molecule has 3 fully saturated rings. The molecule has 1 spiro atoms. The lowest BCUT2D eigenvalue weighted by Crippen LogP contribution is -2.73. The van der Waals surface area contributed by atoms with Crippen LogP contribution in [0.25, 0.3) is 0 Å². The van der Waals surface area contributed by atoms with E-state index in [1.165, 1.54) is 0 Å². The average Bonchev–Trinajstić information content (AvgIpc) is 3.02. The highest BCUT2D eigenvalue weighted by atomic mass is 16.5. The van der Waals surface area contributed by atoms with Gasteiger partial charge in [0.15, 0.2) is 0 Å². The van der Waals surface area contributed by atoms with E-state index in [-0.39, 0.29) is 11.9 Å². The number of rotatable bonds is 5. The number of urea groups is 1. The highest BCUT2D eigenvalue weighted by Crippen LogP contribution is 2.57. The fraction of sp³-hybridized carbons (Fsp3) is 0.680. The summed E-state index contributed by atoms with van der Waals surface area (Å²) in [4.78, 5) is 27.4. The lowest BCUT2D eigenvalue weighted by Gasteiger charge is -2.63. The van der Waals surface area contributed by atoms with E-state index >= 15 is 0 Å². The van der Waals surface area contributed by atoms with Crippen molar-refractivity contribution in [2.75, 3.05) is 20.2 Å². The van der Waals surface area contributed by atoms with Crippen LogP contribution in [0, 0.1) is 12.8 Å². The van der Waals surface area contributed by atoms with Crippen LogP contribution in [-0.4, -0.2) is 59.3 Å². The second kappa shape index (κ2) is 8.03. The average molecular weight is 444 g/mol. The number of amides is 3. The Morgan fingerprint density at radius 1 is 1.25 bits per heavy atom. The molecule has 1 saturated carbocycles. The number of aryl methyl sites for hydroxylation is 1. The van der Waals surface area contributed by atoms with Crippen LogP contribution >= 0.6 is 0 Å². The molecule has 2 saturated heterocycles. The summed E-state index contributed by atoms with van der Waals surface area (Å²) < 4.78 is 5.54. The number of carbonyl (C=O) groups excluding carboxylic acids is 2. The van der Waals surface area contributed by atoms with Crippen molar-refractivity contribution >= 4 is 11.9 Å². The van der Waals surface area contributed by atoms with Crippen LogP contribution in [0.1, 0.15) is 64.0 Å². The van der Waals surface area contributed by atoms with Crippen molar-refractivity contribution in [3.05, 3.63) is 29.3 Å². The summed E-state index contributed by atoms with van der Waals surface area (Å²) in [6, 6.07) is 5.45. The maximum atomic E-state index is 12.9. The summed E-state index contributed by atoms with van der Waals surface area (Å²) >= 11 is 0. The zero-order valence-corrected chi connectivity index (χ0v) is 20.0. The highest BCUT2D eigenvalue weighted by molar-refractivity contribution is 6.07. The third kappa shape index (κ3) is 3.41. The molecule has 3 amide bonds. The molecule has 0 radical (unpaired) electrons. The van der Waals surface area contributed by atoms with Crippen molar-refractivity contribution in [3.63, 3.8) is 0 Å². The number of carbonyl (C=O) groups is 2. The van der Waals surface area contributed by atoms with E-state index < -0.39 is 22.6 Å². The van der Waals surface area contributed by atoms with E-state index in [1.807, 2.05) is 25.1 Å². The third-order valence-corrected chi connectivity index (χ3v) is 8.40. The third-order valence-electron chi connectivity index (χ3n) is 8.40. The standard InChI is InChI=1S/C25H37N3O4/c1-16(2)8-12-28-13-11-23(20-14-19(32-5)7-6-17(20)3)15-24(21(29)26-22(30)27-24)9-10-25(23,31)18(28)4/h6-7,14,16,18,31H,8-13,15H2,1-5H3,(H2,26,27,29,30)/t18-,23-,24+,25-/m1/s1. The Kier molecular flexibility index (Phi) is 5.78. The molecule has 0 unspecified atom stereocenters. The number of hydrogen-bond acceptors (Lipinski definition) is 5. The number of hydrogen-bond donors (Lipinski definition) is 3. The normalized spacial score (nSPS) is 35.0. The summed E-state index contributed by atoms with van der Waals surface area (Å²) in [6.07, 6.45) is 3.04. The number of nitrogens with zero attached hydrogens (tertiary/aromatic N) is 1. The molecule has 7 heteroatoms. The summed E-state index contributed by atoms with van der Waals surface area (Å²) in [7, 11) is 1.64. The van der Waals surface area contributed by atoms with Gasteiger partial charge in [-0.2, -0.15) is 0 Å². The van der Waals surface area contributed by atoms with Crippen molar-refractivity contribution in [3.8, 4) is 5.75 Å². The Bertz CT molecular complexity index is 918. The molecule has 7 nitrogen and oxygen atoms in total. The van der Waals surface area contributed by atoms with Crippen molar-refractivity contribution in [2.45, 2.75) is 82.4 Å². The summed E-state index contributed by atoms with van der Waals surface area (Å²) in [5.41, 5.74) is -0.611. The number of nitrogens with one attached hydrogen (secondary N) is 2. The van der Waals surface area contributed by atoms with Gasteiger partial charge in [-0.3, -0.25) is 15.0 Å². The van der Waals surface area contributed by atoms with E-state index in [4.69, 9.17) is 4.74 Å². The van der Waals surface area contributed by atoms with Crippen LogP contribution in [0.4, 0.5) is 4.79 Å². The topological polar surface area (TPSA) is 90.9 Å². The smallest absolute Gasteiger partial charge is 0.322 e. The number of methoxy groups -OCH3 is 1. The lowest BCUT2D eigenvalue weighted by atomic mass is 9.49. The summed E-state index contributed by atoms with van der Waals surface area (Å²) in [6.45, 7) is 10.4. The molecule has 1 aromatic carbocycles. The molecule has 0 bridgehead atoms. The number of imide groups is 1. The van der Waals surface area contributed by atoms with Gasteiger partial charge in [-0.25, -0.2) is 4.79 Å². The van der Waals surface area contributed by atoms with Crippen LogP contribution in [0.5, 0.6) is 5.75 Å². The maximum Gasteiger partial charge on any atom is 0.322 e. The molecule has 4 rings (SSSR count). The lowest BCUT2D eigenvalue weighted by molar-refractivity contribution is -0.170. The molecule has 3 N–H and O–H groups in total. The molecular weight excluding hydrogens is 406 g/mol. The number of benzene rings is 1. The predicted molar refractivity (Wildman–Crippen MR) is 123 cm³/mol.